The first kappa shape index (κ1) is 21.9. The van der Waals surface area contributed by atoms with Gasteiger partial charge < -0.3 is 9.64 Å². The van der Waals surface area contributed by atoms with E-state index in [2.05, 4.69) is 28.2 Å². The molecule has 2 aromatic heterocycles. The van der Waals surface area contributed by atoms with Crippen LogP contribution >= 0.6 is 0 Å². The zero-order chi connectivity index (χ0) is 22.7. The summed E-state index contributed by atoms with van der Waals surface area (Å²) in [7, 11) is 1.70. The molecule has 1 atom stereocenters. The van der Waals surface area contributed by atoms with Gasteiger partial charge in [-0.05, 0) is 62.9 Å². The standard InChI is InChI=1S/C26H30N4O2/c1-17-12-20(13-21-8-5-6-10-25(21)32-4)14-24(28-17)22-9-7-11-30(16-22)26(31)23-15-27-19(3)29-18(23)2/h5-6,8,10,12,14-15,22H,7,9,11,13,16H2,1-4H3/t22-/m0/s1. The number of likely N-dealkylation sites (tertiary alicyclic amines) is 1. The van der Waals surface area contributed by atoms with Crippen molar-refractivity contribution in [3.63, 3.8) is 0 Å². The largest absolute Gasteiger partial charge is 0.496 e. The molecule has 3 heterocycles. The first-order valence-electron chi connectivity index (χ1n) is 11.1. The minimum atomic E-state index is 0.00842. The Morgan fingerprint density at radius 1 is 1.16 bits per heavy atom. The topological polar surface area (TPSA) is 68.2 Å². The van der Waals surface area contributed by atoms with Crippen molar-refractivity contribution in [1.29, 1.82) is 0 Å². The van der Waals surface area contributed by atoms with E-state index in [9.17, 15) is 4.79 Å². The number of aryl methyl sites for hydroxylation is 3. The van der Waals surface area contributed by atoms with Gasteiger partial charge in [-0.15, -0.1) is 0 Å². The molecule has 1 saturated heterocycles. The number of rotatable bonds is 5. The molecular weight excluding hydrogens is 400 g/mol. The van der Waals surface area contributed by atoms with Gasteiger partial charge in [-0.3, -0.25) is 9.78 Å². The van der Waals surface area contributed by atoms with Crippen LogP contribution in [0, 0.1) is 20.8 Å². The molecule has 6 heteroatoms. The van der Waals surface area contributed by atoms with Crippen molar-refractivity contribution in [2.24, 2.45) is 0 Å². The van der Waals surface area contributed by atoms with Crippen molar-refractivity contribution >= 4 is 5.91 Å². The molecule has 1 aliphatic heterocycles. The van der Waals surface area contributed by atoms with Crippen molar-refractivity contribution in [1.82, 2.24) is 19.9 Å². The van der Waals surface area contributed by atoms with E-state index in [4.69, 9.17) is 9.72 Å². The highest BCUT2D eigenvalue weighted by molar-refractivity contribution is 5.95. The number of carbonyl (C=O) groups excluding carboxylic acids is 1. The summed E-state index contributed by atoms with van der Waals surface area (Å²) in [5.74, 6) is 1.81. The summed E-state index contributed by atoms with van der Waals surface area (Å²) >= 11 is 0. The second kappa shape index (κ2) is 9.47. The van der Waals surface area contributed by atoms with Crippen molar-refractivity contribution in [3.8, 4) is 5.75 Å². The number of aromatic nitrogens is 3. The van der Waals surface area contributed by atoms with E-state index in [1.165, 1.54) is 5.56 Å². The van der Waals surface area contributed by atoms with Crippen molar-refractivity contribution in [3.05, 3.63) is 82.2 Å². The van der Waals surface area contributed by atoms with Gasteiger partial charge in [0.1, 0.15) is 11.6 Å². The van der Waals surface area contributed by atoms with Gasteiger partial charge >= 0.3 is 0 Å². The molecule has 1 aromatic carbocycles. The predicted octanol–water partition coefficient (Wildman–Crippen LogP) is 4.42. The Morgan fingerprint density at radius 2 is 1.97 bits per heavy atom. The second-order valence-corrected chi connectivity index (χ2v) is 8.54. The van der Waals surface area contributed by atoms with Gasteiger partial charge in [0.25, 0.3) is 5.91 Å². The number of hydrogen-bond donors (Lipinski definition) is 0. The molecule has 166 valence electrons. The van der Waals surface area contributed by atoms with Crippen LogP contribution in [0.4, 0.5) is 0 Å². The number of piperidine rings is 1. The molecule has 0 aliphatic carbocycles. The van der Waals surface area contributed by atoms with Gasteiger partial charge in [0, 0.05) is 43.0 Å². The molecule has 32 heavy (non-hydrogen) atoms. The molecule has 6 nitrogen and oxygen atoms in total. The number of benzene rings is 1. The fourth-order valence-corrected chi connectivity index (χ4v) is 4.51. The Balaban J connectivity index is 1.55. The summed E-state index contributed by atoms with van der Waals surface area (Å²) in [5, 5.41) is 0. The molecule has 1 fully saturated rings. The van der Waals surface area contributed by atoms with Crippen LogP contribution < -0.4 is 4.74 Å². The molecule has 3 aromatic rings. The third-order valence-electron chi connectivity index (χ3n) is 6.08. The molecular formula is C26H30N4O2. The number of pyridine rings is 1. The van der Waals surface area contributed by atoms with E-state index in [-0.39, 0.29) is 11.8 Å². The molecule has 0 spiro atoms. The summed E-state index contributed by atoms with van der Waals surface area (Å²) in [6.45, 7) is 7.16. The summed E-state index contributed by atoms with van der Waals surface area (Å²) in [6, 6.07) is 12.4. The highest BCUT2D eigenvalue weighted by Crippen LogP contribution is 2.29. The summed E-state index contributed by atoms with van der Waals surface area (Å²) in [5.41, 5.74) is 5.75. The molecule has 4 rings (SSSR count). The number of nitrogens with zero attached hydrogens (tertiary/aromatic N) is 4. The van der Waals surface area contributed by atoms with E-state index in [0.717, 1.165) is 54.2 Å². The molecule has 0 saturated carbocycles. The number of carbonyl (C=O) groups is 1. The van der Waals surface area contributed by atoms with E-state index < -0.39 is 0 Å². The zero-order valence-corrected chi connectivity index (χ0v) is 19.3. The number of hydrogen-bond acceptors (Lipinski definition) is 5. The summed E-state index contributed by atoms with van der Waals surface area (Å²) < 4.78 is 5.52. The molecule has 0 radical (unpaired) electrons. The number of ether oxygens (including phenoxy) is 1. The van der Waals surface area contributed by atoms with E-state index in [0.29, 0.717) is 17.9 Å². The zero-order valence-electron chi connectivity index (χ0n) is 19.3. The Bertz CT molecular complexity index is 1130. The van der Waals surface area contributed by atoms with Crippen LogP contribution in [-0.4, -0.2) is 46.0 Å². The van der Waals surface area contributed by atoms with Crippen LogP contribution in [0.1, 0.15) is 63.2 Å². The van der Waals surface area contributed by atoms with Crippen molar-refractivity contribution < 1.29 is 9.53 Å². The molecule has 0 N–H and O–H groups in total. The van der Waals surface area contributed by atoms with Crippen LogP contribution in [0.3, 0.4) is 0 Å². The third kappa shape index (κ3) is 4.79. The normalized spacial score (nSPS) is 16.1. The van der Waals surface area contributed by atoms with E-state index in [1.807, 2.05) is 43.9 Å². The van der Waals surface area contributed by atoms with Gasteiger partial charge in [0.2, 0.25) is 0 Å². The SMILES string of the molecule is COc1ccccc1Cc1cc(C)nc([C@H]2CCCN(C(=O)c3cnc(C)nc3C)C2)c1. The van der Waals surface area contributed by atoms with Crippen LogP contribution in [-0.2, 0) is 6.42 Å². The Kier molecular flexibility index (Phi) is 6.49. The molecule has 0 bridgehead atoms. The third-order valence-corrected chi connectivity index (χ3v) is 6.08. The first-order chi connectivity index (χ1) is 15.4. The maximum Gasteiger partial charge on any atom is 0.257 e. The van der Waals surface area contributed by atoms with Gasteiger partial charge in [-0.1, -0.05) is 18.2 Å². The van der Waals surface area contributed by atoms with Gasteiger partial charge in [-0.25, -0.2) is 9.97 Å². The van der Waals surface area contributed by atoms with E-state index >= 15 is 0 Å². The Hall–Kier alpha value is -3.28. The monoisotopic (exact) mass is 430 g/mol. The summed E-state index contributed by atoms with van der Waals surface area (Å²) in [4.78, 5) is 28.5. The lowest BCUT2D eigenvalue weighted by molar-refractivity contribution is 0.0704. The average Bonchev–Trinajstić information content (AvgIpc) is 2.79. The summed E-state index contributed by atoms with van der Waals surface area (Å²) in [6.07, 6.45) is 4.42. The number of methoxy groups -OCH3 is 1. The maximum atomic E-state index is 13.2. The lowest BCUT2D eigenvalue weighted by Gasteiger charge is -2.33. The second-order valence-electron chi connectivity index (χ2n) is 8.54. The Morgan fingerprint density at radius 3 is 2.75 bits per heavy atom. The average molecular weight is 431 g/mol. The van der Waals surface area contributed by atoms with Crippen molar-refractivity contribution in [2.45, 2.75) is 46.0 Å². The van der Waals surface area contributed by atoms with Gasteiger partial charge in [0.05, 0.1) is 18.4 Å². The molecule has 1 aliphatic rings. The van der Waals surface area contributed by atoms with Gasteiger partial charge in [0.15, 0.2) is 0 Å². The fourth-order valence-electron chi connectivity index (χ4n) is 4.51. The number of para-hydroxylation sites is 1. The maximum absolute atomic E-state index is 13.2. The quantitative estimate of drug-likeness (QED) is 0.600. The minimum absolute atomic E-state index is 0.00842. The van der Waals surface area contributed by atoms with Crippen LogP contribution in [0.2, 0.25) is 0 Å². The van der Waals surface area contributed by atoms with Crippen molar-refractivity contribution in [2.75, 3.05) is 20.2 Å². The van der Waals surface area contributed by atoms with Gasteiger partial charge in [-0.2, -0.15) is 0 Å². The van der Waals surface area contributed by atoms with Crippen LogP contribution in [0.25, 0.3) is 0 Å². The van der Waals surface area contributed by atoms with E-state index in [1.54, 1.807) is 13.3 Å². The number of amides is 1. The molecule has 0 unspecified atom stereocenters. The molecule has 1 amide bonds. The van der Waals surface area contributed by atoms with Crippen LogP contribution in [0.5, 0.6) is 5.75 Å². The first-order valence-corrected chi connectivity index (χ1v) is 11.1. The highest BCUT2D eigenvalue weighted by atomic mass is 16.5. The fraction of sp³-hybridized carbons (Fsp3) is 0.385. The predicted molar refractivity (Wildman–Crippen MR) is 124 cm³/mol. The smallest absolute Gasteiger partial charge is 0.257 e. The lowest BCUT2D eigenvalue weighted by atomic mass is 9.92. The van der Waals surface area contributed by atoms with Crippen LogP contribution in [0.15, 0.2) is 42.6 Å². The lowest BCUT2D eigenvalue weighted by Crippen LogP contribution is -2.39. The minimum Gasteiger partial charge on any atom is -0.496 e. The highest BCUT2D eigenvalue weighted by Gasteiger charge is 2.28. The Labute approximate surface area is 189 Å².